The van der Waals surface area contributed by atoms with Crippen molar-refractivity contribution in [2.24, 2.45) is 5.41 Å². The minimum Gasteiger partial charge on any atom is -0.326 e. The molecule has 21 heavy (non-hydrogen) atoms. The second-order valence-electron chi connectivity index (χ2n) is 5.74. The standard InChI is InChI=1S/C15H17N3O3/c1-15(8-2-3-9-15)13(19)16-11-6-4-10(5-7-11)12-17-14(20)21-18-12/h4-7H,2-3,8-9H2,1H3,(H,16,19)(H,17,18,20). The Morgan fingerprint density at radius 3 is 2.52 bits per heavy atom. The SMILES string of the molecule is CC1(C(=O)Nc2ccc(-c3noc(=O)[nH]3)cc2)CCCC1. The molecule has 6 nitrogen and oxygen atoms in total. The van der Waals surface area contributed by atoms with Crippen LogP contribution in [-0.4, -0.2) is 16.0 Å². The molecule has 6 heteroatoms. The zero-order chi connectivity index (χ0) is 14.9. The molecule has 3 rings (SSSR count). The summed E-state index contributed by atoms with van der Waals surface area (Å²) < 4.78 is 4.46. The summed E-state index contributed by atoms with van der Waals surface area (Å²) in [6.07, 6.45) is 4.11. The van der Waals surface area contributed by atoms with Gasteiger partial charge in [-0.3, -0.25) is 14.3 Å². The fourth-order valence-corrected chi connectivity index (χ4v) is 2.73. The highest BCUT2D eigenvalue weighted by atomic mass is 16.5. The third kappa shape index (κ3) is 2.74. The molecule has 0 atom stereocenters. The molecule has 1 aromatic carbocycles. The van der Waals surface area contributed by atoms with Crippen LogP contribution in [0.5, 0.6) is 0 Å². The number of hydrogen-bond donors (Lipinski definition) is 2. The molecule has 0 spiro atoms. The number of H-pyrrole nitrogens is 1. The number of rotatable bonds is 3. The molecule has 0 bridgehead atoms. The first kappa shape index (κ1) is 13.6. The Hall–Kier alpha value is -2.37. The summed E-state index contributed by atoms with van der Waals surface area (Å²) >= 11 is 0. The number of aromatic amines is 1. The largest absolute Gasteiger partial charge is 0.439 e. The Balaban J connectivity index is 1.72. The lowest BCUT2D eigenvalue weighted by molar-refractivity contribution is -0.124. The van der Waals surface area contributed by atoms with Crippen molar-refractivity contribution in [2.75, 3.05) is 5.32 Å². The molecule has 1 fully saturated rings. The summed E-state index contributed by atoms with van der Waals surface area (Å²) in [5, 5.41) is 6.57. The van der Waals surface area contributed by atoms with Gasteiger partial charge in [-0.2, -0.15) is 0 Å². The monoisotopic (exact) mass is 287 g/mol. The van der Waals surface area contributed by atoms with Crippen LogP contribution in [-0.2, 0) is 4.79 Å². The summed E-state index contributed by atoms with van der Waals surface area (Å²) in [4.78, 5) is 25.7. The van der Waals surface area contributed by atoms with Gasteiger partial charge in [0.2, 0.25) is 5.91 Å². The van der Waals surface area contributed by atoms with Crippen LogP contribution in [0.15, 0.2) is 33.6 Å². The van der Waals surface area contributed by atoms with Crippen LogP contribution in [0.4, 0.5) is 5.69 Å². The van der Waals surface area contributed by atoms with Gasteiger partial charge in [0.15, 0.2) is 5.82 Å². The van der Waals surface area contributed by atoms with Gasteiger partial charge in [-0.1, -0.05) is 24.9 Å². The highest BCUT2D eigenvalue weighted by Crippen LogP contribution is 2.38. The molecule has 1 aromatic heterocycles. The molecule has 0 radical (unpaired) electrons. The summed E-state index contributed by atoms with van der Waals surface area (Å²) in [6.45, 7) is 2.02. The Labute approximate surface area is 121 Å². The average molecular weight is 287 g/mol. The summed E-state index contributed by atoms with van der Waals surface area (Å²) in [5.41, 5.74) is 1.21. The Morgan fingerprint density at radius 1 is 1.29 bits per heavy atom. The topological polar surface area (TPSA) is 88.0 Å². The number of hydrogen-bond acceptors (Lipinski definition) is 4. The third-order valence-electron chi connectivity index (χ3n) is 4.11. The molecule has 0 aliphatic heterocycles. The fraction of sp³-hybridized carbons (Fsp3) is 0.400. The molecule has 1 aliphatic rings. The number of benzene rings is 1. The van der Waals surface area contributed by atoms with Crippen LogP contribution >= 0.6 is 0 Å². The number of aromatic nitrogens is 2. The third-order valence-corrected chi connectivity index (χ3v) is 4.11. The highest BCUT2D eigenvalue weighted by molar-refractivity contribution is 5.95. The number of nitrogens with zero attached hydrogens (tertiary/aromatic N) is 1. The minimum absolute atomic E-state index is 0.0718. The minimum atomic E-state index is -0.587. The van der Waals surface area contributed by atoms with Gasteiger partial charge in [0.05, 0.1) is 0 Å². The predicted molar refractivity (Wildman–Crippen MR) is 77.8 cm³/mol. The average Bonchev–Trinajstić information content (AvgIpc) is 3.09. The molecule has 0 saturated heterocycles. The summed E-state index contributed by atoms with van der Waals surface area (Å²) in [7, 11) is 0. The van der Waals surface area contributed by atoms with Gasteiger partial charge in [0.1, 0.15) is 0 Å². The zero-order valence-electron chi connectivity index (χ0n) is 11.8. The van der Waals surface area contributed by atoms with Crippen LogP contribution in [0.2, 0.25) is 0 Å². The predicted octanol–water partition coefficient (Wildman–Crippen LogP) is 2.55. The van der Waals surface area contributed by atoms with E-state index in [0.717, 1.165) is 36.9 Å². The van der Waals surface area contributed by atoms with Gasteiger partial charge in [-0.05, 0) is 37.1 Å². The first-order chi connectivity index (χ1) is 10.1. The molecular formula is C15H17N3O3. The van der Waals surface area contributed by atoms with Gasteiger partial charge in [-0.25, -0.2) is 4.79 Å². The zero-order valence-corrected chi connectivity index (χ0v) is 11.8. The van der Waals surface area contributed by atoms with Crippen molar-refractivity contribution in [2.45, 2.75) is 32.6 Å². The Bertz CT molecular complexity index is 693. The van der Waals surface area contributed by atoms with Crippen molar-refractivity contribution in [3.8, 4) is 11.4 Å². The van der Waals surface area contributed by atoms with E-state index in [9.17, 15) is 9.59 Å². The van der Waals surface area contributed by atoms with E-state index in [1.807, 2.05) is 6.92 Å². The summed E-state index contributed by atoms with van der Waals surface area (Å²) in [6, 6.07) is 7.14. The van der Waals surface area contributed by atoms with Crippen LogP contribution in [0.25, 0.3) is 11.4 Å². The second kappa shape index (κ2) is 5.20. The van der Waals surface area contributed by atoms with Crippen LogP contribution in [0, 0.1) is 5.41 Å². The van der Waals surface area contributed by atoms with Gasteiger partial charge >= 0.3 is 5.76 Å². The normalized spacial score (nSPS) is 16.8. The maximum Gasteiger partial charge on any atom is 0.439 e. The summed E-state index contributed by atoms with van der Waals surface area (Å²) in [5.74, 6) is -0.139. The quantitative estimate of drug-likeness (QED) is 0.908. The van der Waals surface area contributed by atoms with E-state index in [4.69, 9.17) is 0 Å². The highest BCUT2D eigenvalue weighted by Gasteiger charge is 2.36. The fourth-order valence-electron chi connectivity index (χ4n) is 2.73. The molecule has 2 N–H and O–H groups in total. The second-order valence-corrected chi connectivity index (χ2v) is 5.74. The van der Waals surface area contributed by atoms with Crippen molar-refractivity contribution in [1.29, 1.82) is 0 Å². The van der Waals surface area contributed by atoms with E-state index in [2.05, 4.69) is 20.0 Å². The van der Waals surface area contributed by atoms with Gasteiger partial charge in [-0.15, -0.1) is 0 Å². The molecule has 1 aliphatic carbocycles. The van der Waals surface area contributed by atoms with E-state index >= 15 is 0 Å². The number of anilines is 1. The number of carbonyl (C=O) groups is 1. The Morgan fingerprint density at radius 2 is 1.95 bits per heavy atom. The lowest BCUT2D eigenvalue weighted by atomic mass is 9.88. The lowest BCUT2D eigenvalue weighted by Crippen LogP contribution is -2.30. The van der Waals surface area contributed by atoms with Crippen LogP contribution in [0.3, 0.4) is 0 Å². The van der Waals surface area contributed by atoms with E-state index in [-0.39, 0.29) is 11.3 Å². The van der Waals surface area contributed by atoms with E-state index in [1.54, 1.807) is 24.3 Å². The maximum absolute atomic E-state index is 12.3. The van der Waals surface area contributed by atoms with Crippen LogP contribution < -0.4 is 11.1 Å². The molecule has 110 valence electrons. The molecule has 1 saturated carbocycles. The van der Waals surface area contributed by atoms with Gasteiger partial charge in [0.25, 0.3) is 0 Å². The van der Waals surface area contributed by atoms with Crippen molar-refractivity contribution >= 4 is 11.6 Å². The number of nitrogens with one attached hydrogen (secondary N) is 2. The van der Waals surface area contributed by atoms with Gasteiger partial charge in [0, 0.05) is 16.7 Å². The first-order valence-electron chi connectivity index (χ1n) is 7.05. The molecular weight excluding hydrogens is 270 g/mol. The van der Waals surface area contributed by atoms with Crippen molar-refractivity contribution < 1.29 is 9.32 Å². The van der Waals surface area contributed by atoms with E-state index in [0.29, 0.717) is 5.82 Å². The molecule has 1 heterocycles. The molecule has 2 aromatic rings. The van der Waals surface area contributed by atoms with Crippen molar-refractivity contribution in [3.05, 3.63) is 34.8 Å². The Kier molecular flexibility index (Phi) is 3.37. The van der Waals surface area contributed by atoms with Crippen molar-refractivity contribution in [1.82, 2.24) is 10.1 Å². The molecule has 1 amide bonds. The maximum atomic E-state index is 12.3. The first-order valence-corrected chi connectivity index (χ1v) is 7.05. The van der Waals surface area contributed by atoms with Gasteiger partial charge < -0.3 is 5.32 Å². The van der Waals surface area contributed by atoms with E-state index < -0.39 is 5.76 Å². The number of amides is 1. The van der Waals surface area contributed by atoms with Crippen LogP contribution in [0.1, 0.15) is 32.6 Å². The van der Waals surface area contributed by atoms with Crippen molar-refractivity contribution in [3.63, 3.8) is 0 Å². The van der Waals surface area contributed by atoms with E-state index in [1.165, 1.54) is 0 Å². The number of carbonyl (C=O) groups excluding carboxylic acids is 1. The molecule has 0 unspecified atom stereocenters. The smallest absolute Gasteiger partial charge is 0.326 e. The lowest BCUT2D eigenvalue weighted by Gasteiger charge is -2.22.